The van der Waals surface area contributed by atoms with Crippen molar-refractivity contribution in [2.75, 3.05) is 68.7 Å². The molecule has 0 bridgehead atoms. The summed E-state index contributed by atoms with van der Waals surface area (Å²) in [6.07, 6.45) is 1.56. The van der Waals surface area contributed by atoms with Gasteiger partial charge in [-0.1, -0.05) is 35.3 Å². The molecule has 0 atom stereocenters. The molecule has 2 aromatic carbocycles. The molecular weight excluding hydrogens is 627 g/mol. The quantitative estimate of drug-likeness (QED) is 0.0825. The molecule has 0 radical (unpaired) electrons. The van der Waals surface area contributed by atoms with Crippen LogP contribution in [-0.4, -0.2) is 83.9 Å². The number of nitrogens with zero attached hydrogens (tertiary/aromatic N) is 3. The number of oxazole rings is 1. The fourth-order valence-electron chi connectivity index (χ4n) is 4.08. The number of para-hydroxylation sites is 1. The molecule has 0 saturated carbocycles. The number of nitrogens with one attached hydrogen (secondary N) is 3. The van der Waals surface area contributed by atoms with Crippen LogP contribution in [0.25, 0.3) is 11.3 Å². The van der Waals surface area contributed by atoms with E-state index in [-0.39, 0.29) is 25.3 Å². The lowest BCUT2D eigenvalue weighted by atomic mass is 10.2. The fourth-order valence-corrected chi connectivity index (χ4v) is 4.46. The van der Waals surface area contributed by atoms with Crippen LogP contribution in [0.2, 0.25) is 10.0 Å². The summed E-state index contributed by atoms with van der Waals surface area (Å²) >= 11 is 12.5. The number of hydrogen-bond donors (Lipinski definition) is 5. The first-order valence-corrected chi connectivity index (χ1v) is 14.8. The number of aromatic carboxylic acids is 1. The largest absolute Gasteiger partial charge is 0.478 e. The number of aryl methyl sites for hydroxylation is 1. The summed E-state index contributed by atoms with van der Waals surface area (Å²) in [5.41, 5.74) is 1.52. The number of anilines is 4. The van der Waals surface area contributed by atoms with E-state index in [1.165, 1.54) is 6.07 Å². The summed E-state index contributed by atoms with van der Waals surface area (Å²) in [5.74, 6) is 0.983. The minimum atomic E-state index is -1.08. The van der Waals surface area contributed by atoms with Crippen LogP contribution in [0.15, 0.2) is 53.1 Å². The molecule has 0 unspecified atom stereocenters. The maximum atomic E-state index is 11.9. The Hall–Kier alpha value is -3.98. The number of halogens is 2. The standard InChI is InChI=1S/C30H34Cl2N6O7/c1-19-36-28(33-8-10-42-12-14-44-15-13-43-11-9-39)27(29(37-19)38-24-5-3-2-4-21(24)30(40)41)35-18-26-34-17-25(45-26)22-16-20(31)6-7-23(22)32/h2-7,16-17,35,39H,8-15,18H2,1H3,(H,40,41)(H2,33,36,37,38). The number of aromatic nitrogens is 3. The van der Waals surface area contributed by atoms with Crippen LogP contribution < -0.4 is 16.0 Å². The van der Waals surface area contributed by atoms with Crippen LogP contribution in [0.3, 0.4) is 0 Å². The number of carboxylic acid groups (broad SMARTS) is 1. The topological polar surface area (TPSA) is 173 Å². The van der Waals surface area contributed by atoms with Crippen LogP contribution in [0, 0.1) is 6.92 Å². The van der Waals surface area contributed by atoms with Gasteiger partial charge in [-0.3, -0.25) is 0 Å². The second-order valence-electron chi connectivity index (χ2n) is 9.40. The fraction of sp³-hybridized carbons (Fsp3) is 0.333. The van der Waals surface area contributed by atoms with Crippen molar-refractivity contribution in [1.82, 2.24) is 15.0 Å². The average Bonchev–Trinajstić information content (AvgIpc) is 3.49. The lowest BCUT2D eigenvalue weighted by Crippen LogP contribution is -2.17. The van der Waals surface area contributed by atoms with Crippen molar-refractivity contribution in [3.8, 4) is 11.3 Å². The zero-order chi connectivity index (χ0) is 32.0. The molecule has 0 aliphatic carbocycles. The highest BCUT2D eigenvalue weighted by Gasteiger charge is 2.18. The van der Waals surface area contributed by atoms with Gasteiger partial charge in [-0.05, 0) is 37.3 Å². The van der Waals surface area contributed by atoms with Crippen LogP contribution in [0.1, 0.15) is 22.1 Å². The Labute approximate surface area is 269 Å². The monoisotopic (exact) mass is 660 g/mol. The summed E-state index contributed by atoms with van der Waals surface area (Å²) in [5, 5.41) is 29.1. The third kappa shape index (κ3) is 10.3. The predicted octanol–water partition coefficient (Wildman–Crippen LogP) is 5.25. The molecule has 0 spiro atoms. The third-order valence-electron chi connectivity index (χ3n) is 6.11. The minimum Gasteiger partial charge on any atom is -0.478 e. The molecule has 240 valence electrons. The highest BCUT2D eigenvalue weighted by Crippen LogP contribution is 2.33. The SMILES string of the molecule is Cc1nc(NCCOCCOCCOCCO)c(NCc2ncc(-c3cc(Cl)ccc3Cl)o2)c(Nc2ccccc2C(=O)O)n1. The minimum absolute atomic E-state index is 0.0215. The number of carboxylic acids is 1. The highest BCUT2D eigenvalue weighted by molar-refractivity contribution is 6.35. The lowest BCUT2D eigenvalue weighted by molar-refractivity contribution is 0.00920. The molecule has 0 amide bonds. The van der Waals surface area contributed by atoms with Gasteiger partial charge in [-0.15, -0.1) is 0 Å². The van der Waals surface area contributed by atoms with E-state index in [9.17, 15) is 9.90 Å². The van der Waals surface area contributed by atoms with E-state index in [2.05, 4.69) is 30.9 Å². The van der Waals surface area contributed by atoms with E-state index < -0.39 is 5.97 Å². The smallest absolute Gasteiger partial charge is 0.337 e. The number of ether oxygens (including phenoxy) is 3. The summed E-state index contributed by atoms with van der Waals surface area (Å²) in [7, 11) is 0. The first kappa shape index (κ1) is 33.9. The molecule has 0 aliphatic rings. The van der Waals surface area contributed by atoms with Crippen molar-refractivity contribution in [3.05, 3.63) is 76.0 Å². The van der Waals surface area contributed by atoms with Crippen LogP contribution in [0.4, 0.5) is 23.0 Å². The molecule has 13 nitrogen and oxygen atoms in total. The highest BCUT2D eigenvalue weighted by atomic mass is 35.5. The zero-order valence-corrected chi connectivity index (χ0v) is 26.0. The van der Waals surface area contributed by atoms with Crippen molar-refractivity contribution in [3.63, 3.8) is 0 Å². The molecule has 5 N–H and O–H groups in total. The molecule has 4 aromatic rings. The van der Waals surface area contributed by atoms with E-state index in [1.807, 2.05) is 0 Å². The number of aliphatic hydroxyl groups is 1. The molecule has 0 aliphatic heterocycles. The first-order valence-electron chi connectivity index (χ1n) is 14.1. The summed E-state index contributed by atoms with van der Waals surface area (Å²) in [6, 6.07) is 11.6. The van der Waals surface area contributed by atoms with Gasteiger partial charge in [0.1, 0.15) is 11.5 Å². The Morgan fingerprint density at radius 1 is 0.933 bits per heavy atom. The number of carbonyl (C=O) groups is 1. The number of rotatable bonds is 19. The van der Waals surface area contributed by atoms with Gasteiger partial charge in [0.15, 0.2) is 17.4 Å². The van der Waals surface area contributed by atoms with Gasteiger partial charge in [-0.2, -0.15) is 0 Å². The van der Waals surface area contributed by atoms with Crippen molar-refractivity contribution >= 4 is 52.2 Å². The van der Waals surface area contributed by atoms with Gasteiger partial charge >= 0.3 is 5.97 Å². The van der Waals surface area contributed by atoms with E-state index in [0.29, 0.717) is 95.7 Å². The Balaban J connectivity index is 1.46. The van der Waals surface area contributed by atoms with Gasteiger partial charge in [0.2, 0.25) is 5.89 Å². The summed E-state index contributed by atoms with van der Waals surface area (Å²) in [4.78, 5) is 25.3. The van der Waals surface area contributed by atoms with Crippen LogP contribution in [0.5, 0.6) is 0 Å². The molecule has 15 heteroatoms. The Morgan fingerprint density at radius 3 is 2.40 bits per heavy atom. The number of benzene rings is 2. The number of hydrogen-bond acceptors (Lipinski definition) is 12. The Kier molecular flexibility index (Phi) is 13.2. The molecule has 0 fully saturated rings. The maximum Gasteiger partial charge on any atom is 0.337 e. The van der Waals surface area contributed by atoms with E-state index in [0.717, 1.165) is 0 Å². The lowest BCUT2D eigenvalue weighted by Gasteiger charge is -2.18. The second-order valence-corrected chi connectivity index (χ2v) is 10.2. The predicted molar refractivity (Wildman–Crippen MR) is 171 cm³/mol. The average molecular weight is 662 g/mol. The van der Waals surface area contributed by atoms with Crippen molar-refractivity contribution in [2.24, 2.45) is 0 Å². The normalized spacial score (nSPS) is 11.0. The van der Waals surface area contributed by atoms with Crippen molar-refractivity contribution in [1.29, 1.82) is 0 Å². The summed E-state index contributed by atoms with van der Waals surface area (Å²) in [6.45, 7) is 4.51. The molecule has 2 aromatic heterocycles. The van der Waals surface area contributed by atoms with Crippen LogP contribution >= 0.6 is 23.2 Å². The summed E-state index contributed by atoms with van der Waals surface area (Å²) < 4.78 is 22.2. The molecule has 0 saturated heterocycles. The van der Waals surface area contributed by atoms with Gasteiger partial charge in [0.05, 0.1) is 75.3 Å². The van der Waals surface area contributed by atoms with Crippen LogP contribution in [-0.2, 0) is 20.8 Å². The van der Waals surface area contributed by atoms with E-state index in [1.54, 1.807) is 49.5 Å². The Bertz CT molecular complexity index is 1560. The van der Waals surface area contributed by atoms with Crippen molar-refractivity contribution in [2.45, 2.75) is 13.5 Å². The van der Waals surface area contributed by atoms with Gasteiger partial charge in [-0.25, -0.2) is 19.7 Å². The third-order valence-corrected chi connectivity index (χ3v) is 6.68. The molecule has 45 heavy (non-hydrogen) atoms. The van der Waals surface area contributed by atoms with E-state index in [4.69, 9.17) is 46.9 Å². The van der Waals surface area contributed by atoms with Gasteiger partial charge in [0, 0.05) is 17.1 Å². The van der Waals surface area contributed by atoms with E-state index >= 15 is 0 Å². The molecular formula is C30H34Cl2N6O7. The second kappa shape index (κ2) is 17.5. The Morgan fingerprint density at radius 2 is 1.64 bits per heavy atom. The molecule has 4 rings (SSSR count). The molecule has 2 heterocycles. The number of aliphatic hydroxyl groups excluding tert-OH is 1. The zero-order valence-electron chi connectivity index (χ0n) is 24.5. The first-order chi connectivity index (χ1) is 21.9. The van der Waals surface area contributed by atoms with Gasteiger partial charge < -0.3 is 44.8 Å². The maximum absolute atomic E-state index is 11.9. The van der Waals surface area contributed by atoms with Gasteiger partial charge in [0.25, 0.3) is 0 Å². The van der Waals surface area contributed by atoms with Crippen molar-refractivity contribution < 1.29 is 33.6 Å².